The van der Waals surface area contributed by atoms with Gasteiger partial charge in [0, 0.05) is 17.1 Å². The second-order valence-corrected chi connectivity index (χ2v) is 5.47. The Hall–Kier alpha value is -0.680. The van der Waals surface area contributed by atoms with Crippen molar-refractivity contribution < 1.29 is 4.74 Å². The third kappa shape index (κ3) is 3.08. The Kier molecular flexibility index (Phi) is 4.79. The van der Waals surface area contributed by atoms with Crippen LogP contribution in [-0.2, 0) is 4.74 Å². The van der Waals surface area contributed by atoms with E-state index in [0.717, 1.165) is 10.0 Å². The summed E-state index contributed by atoms with van der Waals surface area (Å²) in [5, 5.41) is 0.622. The topological polar surface area (TPSA) is 35.0 Å². The third-order valence-electron chi connectivity index (χ3n) is 2.70. The largest absolute Gasteiger partial charge is 0.374 e. The van der Waals surface area contributed by atoms with Crippen LogP contribution in [0.15, 0.2) is 28.7 Å². The number of nitrogens with zero attached hydrogens (tertiary/aromatic N) is 2. The molecule has 0 amide bonds. The number of benzene rings is 1. The van der Waals surface area contributed by atoms with Crippen LogP contribution in [-0.4, -0.2) is 17.1 Å². The fourth-order valence-electron chi connectivity index (χ4n) is 1.60. The number of hydrogen-bond donors (Lipinski definition) is 0. The normalized spacial score (nSPS) is 12.5. The van der Waals surface area contributed by atoms with E-state index in [4.69, 9.17) is 27.9 Å². The molecular formula is C13H11BrCl2N2O. The summed E-state index contributed by atoms with van der Waals surface area (Å²) >= 11 is 15.9. The average molecular weight is 362 g/mol. The van der Waals surface area contributed by atoms with Gasteiger partial charge in [0.15, 0.2) is 5.82 Å². The smallest absolute Gasteiger partial charge is 0.160 e. The molecule has 6 heteroatoms. The first kappa shape index (κ1) is 14.7. The molecule has 0 aliphatic rings. The fourth-order valence-corrected chi connectivity index (χ4v) is 2.68. The standard InChI is InChI=1S/C13H11BrCl2N2O/c1-7(19-2)13-17-11(15)10(12(16)18-13)8-5-3-4-6-9(8)14/h3-7H,1-2H3. The Balaban J connectivity index is 2.58. The molecule has 0 saturated heterocycles. The van der Waals surface area contributed by atoms with E-state index in [1.54, 1.807) is 7.11 Å². The Bertz CT molecular complexity index is 584. The van der Waals surface area contributed by atoms with Gasteiger partial charge in [0.2, 0.25) is 0 Å². The summed E-state index contributed by atoms with van der Waals surface area (Å²) in [5.41, 5.74) is 1.47. The first-order valence-electron chi connectivity index (χ1n) is 5.55. The Labute approximate surface area is 130 Å². The monoisotopic (exact) mass is 360 g/mol. The van der Waals surface area contributed by atoms with Crippen molar-refractivity contribution in [2.45, 2.75) is 13.0 Å². The van der Waals surface area contributed by atoms with Gasteiger partial charge in [0.25, 0.3) is 0 Å². The predicted octanol–water partition coefficient (Wildman–Crippen LogP) is 4.92. The van der Waals surface area contributed by atoms with Crippen molar-refractivity contribution in [3.63, 3.8) is 0 Å². The number of halogens is 3. The summed E-state index contributed by atoms with van der Waals surface area (Å²) in [6.07, 6.45) is -0.261. The second-order valence-electron chi connectivity index (χ2n) is 3.90. The molecule has 0 radical (unpaired) electrons. The average Bonchev–Trinajstić information content (AvgIpc) is 2.39. The molecule has 19 heavy (non-hydrogen) atoms. The number of rotatable bonds is 3. The highest BCUT2D eigenvalue weighted by atomic mass is 79.9. The maximum atomic E-state index is 6.23. The quantitative estimate of drug-likeness (QED) is 0.727. The summed E-state index contributed by atoms with van der Waals surface area (Å²) < 4.78 is 6.05. The molecule has 0 aliphatic carbocycles. The Morgan fingerprint density at radius 1 is 1.16 bits per heavy atom. The SMILES string of the molecule is COC(C)c1nc(Cl)c(-c2ccccc2Br)c(Cl)n1. The van der Waals surface area contributed by atoms with E-state index in [1.807, 2.05) is 31.2 Å². The van der Waals surface area contributed by atoms with Crippen LogP contribution in [0.2, 0.25) is 10.3 Å². The molecule has 3 nitrogen and oxygen atoms in total. The van der Waals surface area contributed by atoms with Crippen LogP contribution in [0.25, 0.3) is 11.1 Å². The van der Waals surface area contributed by atoms with Gasteiger partial charge in [-0.1, -0.05) is 57.3 Å². The second kappa shape index (κ2) is 6.18. The molecule has 0 spiro atoms. The van der Waals surface area contributed by atoms with Crippen molar-refractivity contribution in [1.82, 2.24) is 9.97 Å². The lowest BCUT2D eigenvalue weighted by molar-refractivity contribution is 0.112. The lowest BCUT2D eigenvalue weighted by atomic mass is 10.1. The van der Waals surface area contributed by atoms with E-state index in [0.29, 0.717) is 21.7 Å². The summed E-state index contributed by atoms with van der Waals surface area (Å²) in [5.74, 6) is 0.466. The van der Waals surface area contributed by atoms with Crippen molar-refractivity contribution >= 4 is 39.1 Å². The number of aromatic nitrogens is 2. The van der Waals surface area contributed by atoms with Crippen LogP contribution >= 0.6 is 39.1 Å². The molecule has 1 aromatic carbocycles. The number of ether oxygens (including phenoxy) is 1. The van der Waals surface area contributed by atoms with Crippen molar-refractivity contribution in [3.8, 4) is 11.1 Å². The van der Waals surface area contributed by atoms with Crippen LogP contribution in [0.1, 0.15) is 18.9 Å². The van der Waals surface area contributed by atoms with Crippen molar-refractivity contribution in [2.75, 3.05) is 7.11 Å². The zero-order valence-electron chi connectivity index (χ0n) is 10.3. The molecule has 0 N–H and O–H groups in total. The maximum absolute atomic E-state index is 6.23. The highest BCUT2D eigenvalue weighted by Gasteiger charge is 2.18. The zero-order valence-corrected chi connectivity index (χ0v) is 13.4. The molecule has 1 heterocycles. The maximum Gasteiger partial charge on any atom is 0.160 e. The van der Waals surface area contributed by atoms with E-state index >= 15 is 0 Å². The highest BCUT2D eigenvalue weighted by Crippen LogP contribution is 2.37. The molecule has 1 atom stereocenters. The van der Waals surface area contributed by atoms with Gasteiger partial charge in [-0.05, 0) is 13.0 Å². The van der Waals surface area contributed by atoms with Crippen molar-refractivity contribution in [3.05, 3.63) is 44.9 Å². The van der Waals surface area contributed by atoms with Crippen molar-refractivity contribution in [1.29, 1.82) is 0 Å². The fraction of sp³-hybridized carbons (Fsp3) is 0.231. The minimum Gasteiger partial charge on any atom is -0.374 e. The first-order valence-corrected chi connectivity index (χ1v) is 7.10. The lowest BCUT2D eigenvalue weighted by Gasteiger charge is -2.12. The predicted molar refractivity (Wildman–Crippen MR) is 80.6 cm³/mol. The van der Waals surface area contributed by atoms with Crippen molar-refractivity contribution in [2.24, 2.45) is 0 Å². The summed E-state index contributed by atoms with van der Waals surface area (Å²) in [6.45, 7) is 1.83. The third-order valence-corrected chi connectivity index (χ3v) is 3.94. The zero-order chi connectivity index (χ0) is 14.0. The molecule has 2 rings (SSSR count). The van der Waals surface area contributed by atoms with Gasteiger partial charge in [-0.2, -0.15) is 0 Å². The van der Waals surface area contributed by atoms with Crippen LogP contribution in [0.3, 0.4) is 0 Å². The minimum absolute atomic E-state index is 0.261. The number of methoxy groups -OCH3 is 1. The lowest BCUT2D eigenvalue weighted by Crippen LogP contribution is -2.04. The van der Waals surface area contributed by atoms with E-state index in [2.05, 4.69) is 25.9 Å². The van der Waals surface area contributed by atoms with E-state index in [1.165, 1.54) is 0 Å². The van der Waals surface area contributed by atoms with E-state index in [-0.39, 0.29) is 6.10 Å². The molecule has 1 unspecified atom stereocenters. The van der Waals surface area contributed by atoms with Crippen LogP contribution in [0, 0.1) is 0 Å². The van der Waals surface area contributed by atoms with E-state index < -0.39 is 0 Å². The van der Waals surface area contributed by atoms with Gasteiger partial charge in [0.05, 0.1) is 5.56 Å². The Morgan fingerprint density at radius 3 is 2.26 bits per heavy atom. The van der Waals surface area contributed by atoms with Crippen LogP contribution < -0.4 is 0 Å². The van der Waals surface area contributed by atoms with E-state index in [9.17, 15) is 0 Å². The van der Waals surface area contributed by atoms with Gasteiger partial charge >= 0.3 is 0 Å². The highest BCUT2D eigenvalue weighted by molar-refractivity contribution is 9.10. The van der Waals surface area contributed by atoms with Crippen LogP contribution in [0.4, 0.5) is 0 Å². The van der Waals surface area contributed by atoms with Gasteiger partial charge in [-0.25, -0.2) is 9.97 Å². The summed E-state index contributed by atoms with van der Waals surface area (Å²) in [4.78, 5) is 8.49. The number of hydrogen-bond acceptors (Lipinski definition) is 3. The van der Waals surface area contributed by atoms with Gasteiger partial charge in [-0.3, -0.25) is 0 Å². The summed E-state index contributed by atoms with van der Waals surface area (Å²) in [6, 6.07) is 7.63. The Morgan fingerprint density at radius 2 is 1.74 bits per heavy atom. The molecular weight excluding hydrogens is 351 g/mol. The molecule has 0 aliphatic heterocycles. The molecule has 0 saturated carbocycles. The molecule has 0 bridgehead atoms. The molecule has 1 aromatic heterocycles. The molecule has 2 aromatic rings. The molecule has 0 fully saturated rings. The summed E-state index contributed by atoms with van der Waals surface area (Å²) in [7, 11) is 1.58. The van der Waals surface area contributed by atoms with Gasteiger partial charge in [0.1, 0.15) is 16.4 Å². The first-order chi connectivity index (χ1) is 9.04. The minimum atomic E-state index is -0.261. The van der Waals surface area contributed by atoms with Gasteiger partial charge in [-0.15, -0.1) is 0 Å². The van der Waals surface area contributed by atoms with Crippen LogP contribution in [0.5, 0.6) is 0 Å². The molecule has 100 valence electrons. The van der Waals surface area contributed by atoms with Gasteiger partial charge < -0.3 is 4.74 Å².